The van der Waals surface area contributed by atoms with Gasteiger partial charge < -0.3 is 9.64 Å². The Morgan fingerprint density at radius 1 is 1.30 bits per heavy atom. The van der Waals surface area contributed by atoms with E-state index >= 15 is 0 Å². The van der Waals surface area contributed by atoms with Crippen molar-refractivity contribution in [2.75, 3.05) is 13.7 Å². The smallest absolute Gasteiger partial charge is 0.250 e. The van der Waals surface area contributed by atoms with Gasteiger partial charge in [0.1, 0.15) is 5.75 Å². The third kappa shape index (κ3) is 5.14. The predicted octanol–water partition coefficient (Wildman–Crippen LogP) is 3.73. The fourth-order valence-electron chi connectivity index (χ4n) is 3.20. The molecule has 2 heterocycles. The number of hydrogen-bond donors (Lipinski definition) is 1. The molecule has 0 aliphatic carbocycles. The summed E-state index contributed by atoms with van der Waals surface area (Å²) in [6, 6.07) is 11.6. The van der Waals surface area contributed by atoms with E-state index in [9.17, 15) is 4.79 Å². The highest BCUT2D eigenvalue weighted by molar-refractivity contribution is 7.80. The van der Waals surface area contributed by atoms with E-state index in [-0.39, 0.29) is 11.9 Å². The van der Waals surface area contributed by atoms with Crippen LogP contribution in [0.5, 0.6) is 5.75 Å². The Balaban J connectivity index is 1.62. The normalized spacial score (nSPS) is 16.9. The lowest BCUT2D eigenvalue weighted by Crippen LogP contribution is -2.46. The van der Waals surface area contributed by atoms with Crippen LogP contribution in [0.15, 0.2) is 54.9 Å². The van der Waals surface area contributed by atoms with Crippen molar-refractivity contribution in [1.29, 1.82) is 0 Å². The fourth-order valence-corrected chi connectivity index (χ4v) is 3.52. The van der Waals surface area contributed by atoms with Gasteiger partial charge in [0.05, 0.1) is 13.2 Å². The molecule has 1 saturated heterocycles. The van der Waals surface area contributed by atoms with Crippen molar-refractivity contribution < 1.29 is 9.53 Å². The van der Waals surface area contributed by atoms with E-state index in [1.54, 1.807) is 19.4 Å². The van der Waals surface area contributed by atoms with E-state index in [2.05, 4.69) is 21.3 Å². The van der Waals surface area contributed by atoms with Crippen LogP contribution in [-0.4, -0.2) is 34.6 Å². The van der Waals surface area contributed by atoms with E-state index in [1.807, 2.05) is 36.5 Å². The van der Waals surface area contributed by atoms with Gasteiger partial charge in [-0.25, -0.2) is 0 Å². The molecule has 1 unspecified atom stereocenters. The number of pyridine rings is 1. The van der Waals surface area contributed by atoms with E-state index in [4.69, 9.17) is 17.0 Å². The maximum atomic E-state index is 12.3. The van der Waals surface area contributed by atoms with Gasteiger partial charge in [-0.1, -0.05) is 18.2 Å². The van der Waals surface area contributed by atoms with E-state index in [0.717, 1.165) is 42.7 Å². The molecular formula is C21H23N3O2S. The summed E-state index contributed by atoms with van der Waals surface area (Å²) in [6.45, 7) is 0.834. The van der Waals surface area contributed by atoms with Gasteiger partial charge in [0.2, 0.25) is 5.91 Å². The van der Waals surface area contributed by atoms with Crippen molar-refractivity contribution in [3.63, 3.8) is 0 Å². The van der Waals surface area contributed by atoms with Gasteiger partial charge in [-0.2, -0.15) is 0 Å². The quantitative estimate of drug-likeness (QED) is 0.646. The number of likely N-dealkylation sites (tertiary alicyclic amines) is 1. The molecule has 0 radical (unpaired) electrons. The van der Waals surface area contributed by atoms with Crippen LogP contribution < -0.4 is 10.1 Å². The molecule has 3 rings (SSSR count). The van der Waals surface area contributed by atoms with Crippen molar-refractivity contribution in [3.05, 3.63) is 66.0 Å². The first kappa shape index (κ1) is 19.0. The first-order chi connectivity index (χ1) is 13.2. The van der Waals surface area contributed by atoms with Gasteiger partial charge in [-0.3, -0.25) is 15.1 Å². The fraction of sp³-hybridized carbons (Fsp3) is 0.286. The summed E-state index contributed by atoms with van der Waals surface area (Å²) in [5.74, 6) is 0.552. The van der Waals surface area contributed by atoms with Gasteiger partial charge >= 0.3 is 0 Å². The minimum Gasteiger partial charge on any atom is -0.497 e. The molecule has 1 N–H and O–H groups in total. The number of aromatic nitrogens is 1. The van der Waals surface area contributed by atoms with Crippen molar-refractivity contribution in [2.24, 2.45) is 0 Å². The van der Waals surface area contributed by atoms with Gasteiger partial charge in [0, 0.05) is 25.0 Å². The zero-order chi connectivity index (χ0) is 19.1. The minimum atomic E-state index is -0.230. The summed E-state index contributed by atoms with van der Waals surface area (Å²) in [4.78, 5) is 18.6. The maximum Gasteiger partial charge on any atom is 0.250 e. The van der Waals surface area contributed by atoms with Crippen LogP contribution in [0.4, 0.5) is 0 Å². The topological polar surface area (TPSA) is 54.5 Å². The summed E-state index contributed by atoms with van der Waals surface area (Å²) >= 11 is 5.51. The van der Waals surface area contributed by atoms with Crippen LogP contribution in [0.2, 0.25) is 0 Å². The number of ether oxygens (including phenoxy) is 1. The monoisotopic (exact) mass is 381 g/mol. The first-order valence-electron chi connectivity index (χ1n) is 9.01. The highest BCUT2D eigenvalue weighted by Crippen LogP contribution is 2.30. The second-order valence-corrected chi connectivity index (χ2v) is 6.78. The first-order valence-corrected chi connectivity index (χ1v) is 9.42. The summed E-state index contributed by atoms with van der Waals surface area (Å²) < 4.78 is 5.13. The van der Waals surface area contributed by atoms with Gasteiger partial charge in [-0.15, -0.1) is 0 Å². The van der Waals surface area contributed by atoms with Gasteiger partial charge in [0.15, 0.2) is 5.11 Å². The molecule has 1 aromatic heterocycles. The number of hydrogen-bond acceptors (Lipinski definition) is 4. The zero-order valence-corrected chi connectivity index (χ0v) is 16.1. The van der Waals surface area contributed by atoms with Crippen LogP contribution in [0.3, 0.4) is 0 Å². The molecule has 0 bridgehead atoms. The number of benzene rings is 1. The second-order valence-electron chi connectivity index (χ2n) is 6.39. The molecular weight excluding hydrogens is 358 g/mol. The molecule has 1 atom stereocenters. The van der Waals surface area contributed by atoms with Gasteiger partial charge in [0.25, 0.3) is 0 Å². The Kier molecular flexibility index (Phi) is 6.54. The second kappa shape index (κ2) is 9.28. The average Bonchev–Trinajstić information content (AvgIpc) is 2.73. The van der Waals surface area contributed by atoms with Crippen LogP contribution in [0.1, 0.15) is 36.4 Å². The van der Waals surface area contributed by atoms with Crippen molar-refractivity contribution in [3.8, 4) is 5.75 Å². The summed E-state index contributed by atoms with van der Waals surface area (Å²) in [6.07, 6.45) is 10.1. The van der Waals surface area contributed by atoms with Crippen molar-refractivity contribution in [2.45, 2.75) is 25.3 Å². The molecule has 5 nitrogen and oxygen atoms in total. The number of carbonyl (C=O) groups is 1. The van der Waals surface area contributed by atoms with Gasteiger partial charge in [-0.05, 0) is 66.9 Å². The van der Waals surface area contributed by atoms with Crippen molar-refractivity contribution in [1.82, 2.24) is 15.2 Å². The minimum absolute atomic E-state index is 0.158. The third-order valence-corrected chi connectivity index (χ3v) is 4.94. The van der Waals surface area contributed by atoms with Crippen LogP contribution in [0.25, 0.3) is 6.08 Å². The predicted molar refractivity (Wildman–Crippen MR) is 110 cm³/mol. The maximum absolute atomic E-state index is 12.3. The Bertz CT molecular complexity index is 806. The molecule has 1 aliphatic heterocycles. The largest absolute Gasteiger partial charge is 0.497 e. The number of piperidine rings is 1. The molecule has 1 fully saturated rings. The lowest BCUT2D eigenvalue weighted by molar-refractivity contribution is -0.115. The van der Waals surface area contributed by atoms with Crippen LogP contribution in [0, 0.1) is 0 Å². The van der Waals surface area contributed by atoms with Crippen molar-refractivity contribution >= 4 is 29.3 Å². The number of thiocarbonyl (C=S) groups is 1. The number of rotatable bonds is 4. The lowest BCUT2D eigenvalue weighted by Gasteiger charge is -2.37. The third-order valence-electron chi connectivity index (χ3n) is 4.61. The molecule has 6 heteroatoms. The summed E-state index contributed by atoms with van der Waals surface area (Å²) in [5, 5.41) is 3.29. The van der Waals surface area contributed by atoms with E-state index < -0.39 is 0 Å². The molecule has 0 spiro atoms. The Morgan fingerprint density at radius 3 is 2.81 bits per heavy atom. The average molecular weight is 382 g/mol. The molecule has 1 aliphatic rings. The summed E-state index contributed by atoms with van der Waals surface area (Å²) in [5.41, 5.74) is 2.05. The number of nitrogens with one attached hydrogen (secondary N) is 1. The highest BCUT2D eigenvalue weighted by atomic mass is 32.1. The molecule has 1 amide bonds. The molecule has 2 aromatic rings. The SMILES string of the molecule is COc1ccc(C=CC(=O)NC(=S)N2CCCCC2c2cccnc2)cc1. The Labute approximate surface area is 165 Å². The number of carbonyl (C=O) groups excluding carboxylic acids is 1. The lowest BCUT2D eigenvalue weighted by atomic mass is 9.97. The summed E-state index contributed by atoms with van der Waals surface area (Å²) in [7, 11) is 1.62. The number of amides is 1. The van der Waals surface area contributed by atoms with Crippen LogP contribution >= 0.6 is 12.2 Å². The van der Waals surface area contributed by atoms with E-state index in [0.29, 0.717) is 5.11 Å². The van der Waals surface area contributed by atoms with Crippen LogP contribution in [-0.2, 0) is 4.79 Å². The highest BCUT2D eigenvalue weighted by Gasteiger charge is 2.26. The zero-order valence-electron chi connectivity index (χ0n) is 15.3. The molecule has 140 valence electrons. The molecule has 27 heavy (non-hydrogen) atoms. The number of methoxy groups -OCH3 is 1. The van der Waals surface area contributed by atoms with E-state index in [1.165, 1.54) is 6.08 Å². The Hall–Kier alpha value is -2.73. The molecule has 0 saturated carbocycles. The number of nitrogens with zero attached hydrogens (tertiary/aromatic N) is 2. The molecule has 1 aromatic carbocycles. The Morgan fingerprint density at radius 2 is 2.11 bits per heavy atom. The standard InChI is InChI=1S/C21H23N3O2S/c1-26-18-10-7-16(8-11-18)9-12-20(25)23-21(27)24-14-3-2-6-19(24)17-5-4-13-22-15-17/h4-5,7-13,15,19H,2-3,6,14H2,1H3,(H,23,25,27).